The zero-order valence-corrected chi connectivity index (χ0v) is 13.7. The number of terminal acetylenes is 1. The highest BCUT2D eigenvalue weighted by atomic mass is 16.2. The number of anilines is 1. The van der Waals surface area contributed by atoms with E-state index in [0.29, 0.717) is 32.2 Å². The molecule has 0 spiro atoms. The van der Waals surface area contributed by atoms with Crippen molar-refractivity contribution >= 4 is 17.5 Å². The molecule has 6 nitrogen and oxygen atoms in total. The summed E-state index contributed by atoms with van der Waals surface area (Å²) in [6, 6.07) is 7.66. The molecule has 2 aliphatic heterocycles. The van der Waals surface area contributed by atoms with Gasteiger partial charge in [-0.05, 0) is 18.1 Å². The number of nitrogens with one attached hydrogen (secondary N) is 1. The van der Waals surface area contributed by atoms with Crippen molar-refractivity contribution < 1.29 is 9.59 Å². The average molecular weight is 324 g/mol. The summed E-state index contributed by atoms with van der Waals surface area (Å²) in [5.41, 5.74) is 1.47. The number of carbonyl (C=O) groups excluding carboxylic acids is 2. The van der Waals surface area contributed by atoms with Crippen LogP contribution in [0.4, 0.5) is 5.69 Å². The maximum absolute atomic E-state index is 12.4. The molecule has 0 bridgehead atoms. The fourth-order valence-corrected chi connectivity index (χ4v) is 3.05. The van der Waals surface area contributed by atoms with E-state index in [9.17, 15) is 9.59 Å². The van der Waals surface area contributed by atoms with Crippen molar-refractivity contribution in [1.29, 1.82) is 0 Å². The number of hydrogen-bond donors (Lipinski definition) is 1. The van der Waals surface area contributed by atoms with Crippen LogP contribution in [0.15, 0.2) is 34.5 Å². The lowest BCUT2D eigenvalue weighted by molar-refractivity contribution is -0.134. The van der Waals surface area contributed by atoms with Crippen LogP contribution in [0.1, 0.15) is 24.8 Å². The molecule has 2 amide bonds. The first-order valence-corrected chi connectivity index (χ1v) is 8.07. The van der Waals surface area contributed by atoms with E-state index in [1.165, 1.54) is 0 Å². The minimum absolute atomic E-state index is 0.172. The topological polar surface area (TPSA) is 74.1 Å². The van der Waals surface area contributed by atoms with Crippen molar-refractivity contribution in [3.8, 4) is 12.3 Å². The van der Waals surface area contributed by atoms with Crippen LogP contribution in [0.25, 0.3) is 0 Å². The zero-order chi connectivity index (χ0) is 17.2. The summed E-state index contributed by atoms with van der Waals surface area (Å²) < 4.78 is 0. The standard InChI is InChI=1S/C18H20N4O2/c1-3-4-9-18(20-21-18)10-11-19-16(23)14-12-13-7-5-6-8-15(13)22(2)17(14)24/h1,5-8,14H,4,9-12H2,2H3,(H,19,23). The van der Waals surface area contributed by atoms with Gasteiger partial charge in [0.25, 0.3) is 0 Å². The third-order valence-corrected chi connectivity index (χ3v) is 4.60. The summed E-state index contributed by atoms with van der Waals surface area (Å²) in [4.78, 5) is 26.4. The van der Waals surface area contributed by atoms with E-state index in [4.69, 9.17) is 6.42 Å². The smallest absolute Gasteiger partial charge is 0.239 e. The quantitative estimate of drug-likeness (QED) is 0.641. The van der Waals surface area contributed by atoms with Crippen LogP contribution in [0, 0.1) is 18.3 Å². The maximum Gasteiger partial charge on any atom is 0.239 e. The van der Waals surface area contributed by atoms with E-state index in [1.54, 1.807) is 11.9 Å². The summed E-state index contributed by atoms with van der Waals surface area (Å²) >= 11 is 0. The Morgan fingerprint density at radius 2 is 2.17 bits per heavy atom. The Bertz CT molecular complexity index is 729. The third-order valence-electron chi connectivity index (χ3n) is 4.60. The number of rotatable bonds is 6. The molecule has 124 valence electrons. The number of fused-ring (bicyclic) bond motifs is 1. The van der Waals surface area contributed by atoms with Crippen molar-refractivity contribution in [2.75, 3.05) is 18.5 Å². The Labute approximate surface area is 141 Å². The Morgan fingerprint density at radius 3 is 2.88 bits per heavy atom. The van der Waals surface area contributed by atoms with Gasteiger partial charge in [0.05, 0.1) is 0 Å². The van der Waals surface area contributed by atoms with E-state index in [2.05, 4.69) is 21.5 Å². The van der Waals surface area contributed by atoms with Gasteiger partial charge in [-0.2, -0.15) is 10.2 Å². The fraction of sp³-hybridized carbons (Fsp3) is 0.444. The highest BCUT2D eigenvalue weighted by molar-refractivity contribution is 6.09. The average Bonchev–Trinajstić information content (AvgIpc) is 3.36. The van der Waals surface area contributed by atoms with Crippen molar-refractivity contribution in [3.05, 3.63) is 29.8 Å². The second kappa shape index (κ2) is 6.44. The Balaban J connectivity index is 1.56. The predicted molar refractivity (Wildman–Crippen MR) is 90.3 cm³/mol. The van der Waals surface area contributed by atoms with Gasteiger partial charge in [0.2, 0.25) is 11.8 Å². The second-order valence-electron chi connectivity index (χ2n) is 6.21. The van der Waals surface area contributed by atoms with Gasteiger partial charge in [-0.1, -0.05) is 18.2 Å². The molecule has 0 fully saturated rings. The van der Waals surface area contributed by atoms with Crippen LogP contribution in [-0.4, -0.2) is 31.1 Å². The van der Waals surface area contributed by atoms with Gasteiger partial charge >= 0.3 is 0 Å². The van der Waals surface area contributed by atoms with Gasteiger partial charge in [-0.25, -0.2) is 0 Å². The lowest BCUT2D eigenvalue weighted by Gasteiger charge is -2.30. The minimum atomic E-state index is -0.681. The molecular weight excluding hydrogens is 304 g/mol. The van der Waals surface area contributed by atoms with Gasteiger partial charge in [0.1, 0.15) is 5.92 Å². The van der Waals surface area contributed by atoms with Crippen molar-refractivity contribution in [2.45, 2.75) is 31.3 Å². The van der Waals surface area contributed by atoms with Gasteiger partial charge in [0, 0.05) is 38.5 Å². The molecule has 1 aromatic rings. The molecule has 0 radical (unpaired) electrons. The normalized spacial score (nSPS) is 20.2. The lowest BCUT2D eigenvalue weighted by Crippen LogP contribution is -2.46. The highest BCUT2D eigenvalue weighted by Crippen LogP contribution is 2.36. The molecule has 0 aliphatic carbocycles. The molecule has 1 atom stereocenters. The monoisotopic (exact) mass is 324 g/mol. The van der Waals surface area contributed by atoms with Crippen LogP contribution >= 0.6 is 0 Å². The molecule has 24 heavy (non-hydrogen) atoms. The molecule has 6 heteroatoms. The number of benzene rings is 1. The van der Waals surface area contributed by atoms with Crippen LogP contribution in [0.2, 0.25) is 0 Å². The van der Waals surface area contributed by atoms with Crippen molar-refractivity contribution in [2.24, 2.45) is 16.1 Å². The Hall–Kier alpha value is -2.68. The maximum atomic E-state index is 12.4. The van der Waals surface area contributed by atoms with E-state index in [1.807, 2.05) is 24.3 Å². The molecule has 1 N–H and O–H groups in total. The highest BCUT2D eigenvalue weighted by Gasteiger charge is 2.39. The third kappa shape index (κ3) is 3.16. The fourth-order valence-electron chi connectivity index (χ4n) is 3.05. The lowest BCUT2D eigenvalue weighted by atomic mass is 9.91. The molecule has 0 saturated heterocycles. The zero-order valence-electron chi connectivity index (χ0n) is 13.7. The molecule has 1 unspecified atom stereocenters. The van der Waals surface area contributed by atoms with Crippen LogP contribution in [0.5, 0.6) is 0 Å². The van der Waals surface area contributed by atoms with E-state index < -0.39 is 11.6 Å². The van der Waals surface area contributed by atoms with Crippen molar-refractivity contribution in [1.82, 2.24) is 5.32 Å². The van der Waals surface area contributed by atoms with Crippen LogP contribution in [0.3, 0.4) is 0 Å². The number of hydrogen-bond acceptors (Lipinski definition) is 4. The molecular formula is C18H20N4O2. The van der Waals surface area contributed by atoms with Crippen LogP contribution in [-0.2, 0) is 16.0 Å². The minimum Gasteiger partial charge on any atom is -0.355 e. The summed E-state index contributed by atoms with van der Waals surface area (Å²) in [5.74, 6) is 1.48. The van der Waals surface area contributed by atoms with Gasteiger partial charge in [0.15, 0.2) is 5.66 Å². The number of carbonyl (C=O) groups is 2. The molecule has 2 aliphatic rings. The molecule has 0 saturated carbocycles. The Kier molecular flexibility index (Phi) is 4.34. The predicted octanol–water partition coefficient (Wildman–Crippen LogP) is 1.90. The van der Waals surface area contributed by atoms with E-state index >= 15 is 0 Å². The molecule has 1 aromatic carbocycles. The largest absolute Gasteiger partial charge is 0.355 e. The number of para-hydroxylation sites is 1. The van der Waals surface area contributed by atoms with Crippen molar-refractivity contribution in [3.63, 3.8) is 0 Å². The summed E-state index contributed by atoms with van der Waals surface area (Å²) in [6.45, 7) is 0.436. The summed E-state index contributed by atoms with van der Waals surface area (Å²) in [5, 5.41) is 10.9. The van der Waals surface area contributed by atoms with Gasteiger partial charge in [-0.3, -0.25) is 9.59 Å². The van der Waals surface area contributed by atoms with Gasteiger partial charge < -0.3 is 10.2 Å². The number of nitrogens with zero attached hydrogens (tertiary/aromatic N) is 3. The summed E-state index contributed by atoms with van der Waals surface area (Å²) in [6.07, 6.45) is 7.63. The number of amides is 2. The molecule has 2 heterocycles. The first-order valence-electron chi connectivity index (χ1n) is 8.07. The first kappa shape index (κ1) is 16.2. The summed E-state index contributed by atoms with van der Waals surface area (Å²) in [7, 11) is 1.71. The molecule has 0 aromatic heterocycles. The van der Waals surface area contributed by atoms with E-state index in [0.717, 1.165) is 11.3 Å². The van der Waals surface area contributed by atoms with Crippen LogP contribution < -0.4 is 10.2 Å². The van der Waals surface area contributed by atoms with Gasteiger partial charge in [-0.15, -0.1) is 12.3 Å². The second-order valence-corrected chi connectivity index (χ2v) is 6.21. The Morgan fingerprint density at radius 1 is 1.42 bits per heavy atom. The first-order chi connectivity index (χ1) is 11.6. The van der Waals surface area contributed by atoms with E-state index in [-0.39, 0.29) is 11.8 Å². The molecule has 3 rings (SSSR count). The SMILES string of the molecule is C#CCCC1(CCNC(=O)C2Cc3ccccc3N(C)C2=O)N=N1.